The lowest BCUT2D eigenvalue weighted by Gasteiger charge is -2.09. The van der Waals surface area contributed by atoms with Crippen molar-refractivity contribution in [1.82, 2.24) is 20.1 Å². The lowest BCUT2D eigenvalue weighted by molar-refractivity contribution is 0.102. The van der Waals surface area contributed by atoms with E-state index in [1.165, 1.54) is 19.2 Å². The number of nitrogen functional groups attached to an aromatic ring is 1. The molecule has 5 aromatic rings. The Bertz CT molecular complexity index is 1590. The van der Waals surface area contributed by atoms with Gasteiger partial charge < -0.3 is 25.6 Å². The van der Waals surface area contributed by atoms with Gasteiger partial charge in [0.05, 0.1) is 30.2 Å². The van der Waals surface area contributed by atoms with Crippen LogP contribution in [-0.2, 0) is 0 Å². The highest BCUT2D eigenvalue weighted by atomic mass is 32.1. The molecule has 0 saturated carbocycles. The monoisotopic (exact) mass is 521 g/mol. The third-order valence-electron chi connectivity index (χ3n) is 5.06. The van der Waals surface area contributed by atoms with Crippen molar-refractivity contribution in [2.24, 2.45) is 0 Å². The third kappa shape index (κ3) is 5.06. The number of amides is 1. The molecule has 0 saturated heterocycles. The smallest absolute Gasteiger partial charge is 0.272 e. The summed E-state index contributed by atoms with van der Waals surface area (Å²) < 4.78 is 39.5. The molecule has 0 bridgehead atoms. The Morgan fingerprint density at radius 2 is 1.97 bits per heavy atom. The van der Waals surface area contributed by atoms with E-state index in [-0.39, 0.29) is 34.3 Å². The number of pyridine rings is 1. The van der Waals surface area contributed by atoms with Gasteiger partial charge in [0.25, 0.3) is 11.8 Å². The summed E-state index contributed by atoms with van der Waals surface area (Å²) in [6, 6.07) is 11.6. The van der Waals surface area contributed by atoms with E-state index < -0.39 is 17.5 Å². The summed E-state index contributed by atoms with van der Waals surface area (Å²) in [6.07, 6.45) is 3.25. The van der Waals surface area contributed by atoms with Crippen LogP contribution in [0.25, 0.3) is 22.2 Å². The average molecular weight is 522 g/mol. The number of rotatable bonds is 7. The Labute approximate surface area is 212 Å². The van der Waals surface area contributed by atoms with Crippen LogP contribution < -0.4 is 21.1 Å². The molecule has 0 aliphatic rings. The number of thiazole rings is 1. The Balaban J connectivity index is 1.40. The highest BCUT2D eigenvalue weighted by Gasteiger charge is 2.22. The second kappa shape index (κ2) is 9.99. The van der Waals surface area contributed by atoms with Crippen LogP contribution >= 0.6 is 11.3 Å². The molecular formula is C24H17F2N7O3S. The summed E-state index contributed by atoms with van der Waals surface area (Å²) in [5, 5.41) is 9.74. The zero-order chi connectivity index (χ0) is 25.9. The summed E-state index contributed by atoms with van der Waals surface area (Å²) in [5.74, 6) is -2.13. The highest BCUT2D eigenvalue weighted by molar-refractivity contribution is 7.19. The van der Waals surface area contributed by atoms with Gasteiger partial charge in [-0.05, 0) is 36.4 Å². The fourth-order valence-electron chi connectivity index (χ4n) is 3.30. The molecule has 3 heterocycles. The van der Waals surface area contributed by atoms with Crippen LogP contribution in [0.3, 0.4) is 0 Å². The standard InChI is InChI=1S/C24H17F2N7O3S/c1-35-14-6-2-4-12(8-14)22(34)30-18-9-15(16(25)10-17(18)26)21-32-23(36-33-21)19-20(27)31-24(37-19)29-13-5-3-7-28-11-13/h2-11H,27H2,1H3,(H,29,31)(H,30,34). The first kappa shape index (κ1) is 23.8. The lowest BCUT2D eigenvalue weighted by Crippen LogP contribution is -2.13. The molecular weight excluding hydrogens is 504 g/mol. The molecule has 186 valence electrons. The quantitative estimate of drug-likeness (QED) is 0.266. The topological polar surface area (TPSA) is 141 Å². The van der Waals surface area contributed by atoms with Crippen LogP contribution in [-0.4, -0.2) is 33.1 Å². The number of ether oxygens (including phenoxy) is 1. The Morgan fingerprint density at radius 1 is 1.11 bits per heavy atom. The first-order valence-corrected chi connectivity index (χ1v) is 11.4. The van der Waals surface area contributed by atoms with Gasteiger partial charge in [0, 0.05) is 17.8 Å². The number of hydrogen-bond acceptors (Lipinski definition) is 10. The van der Waals surface area contributed by atoms with E-state index >= 15 is 0 Å². The number of aromatic nitrogens is 4. The fourth-order valence-corrected chi connectivity index (χ4v) is 4.13. The van der Waals surface area contributed by atoms with E-state index in [2.05, 4.69) is 30.7 Å². The van der Waals surface area contributed by atoms with Crippen molar-refractivity contribution in [3.8, 4) is 27.9 Å². The predicted molar refractivity (Wildman–Crippen MR) is 134 cm³/mol. The molecule has 0 unspecified atom stereocenters. The summed E-state index contributed by atoms with van der Waals surface area (Å²) in [5.41, 5.74) is 6.49. The van der Waals surface area contributed by atoms with Crippen molar-refractivity contribution in [2.45, 2.75) is 0 Å². The first-order valence-electron chi connectivity index (χ1n) is 10.6. The maximum absolute atomic E-state index is 14.7. The van der Waals surface area contributed by atoms with Crippen molar-refractivity contribution < 1.29 is 22.8 Å². The first-order chi connectivity index (χ1) is 17.9. The molecule has 0 aliphatic carbocycles. The zero-order valence-corrected chi connectivity index (χ0v) is 19.8. The maximum atomic E-state index is 14.7. The third-order valence-corrected chi connectivity index (χ3v) is 6.04. The number of anilines is 4. The van der Waals surface area contributed by atoms with Crippen LogP contribution in [0.5, 0.6) is 5.75 Å². The van der Waals surface area contributed by atoms with Crippen molar-refractivity contribution in [2.75, 3.05) is 23.5 Å². The van der Waals surface area contributed by atoms with Crippen LogP contribution in [0.1, 0.15) is 10.4 Å². The van der Waals surface area contributed by atoms with E-state index in [0.29, 0.717) is 27.5 Å². The number of nitrogens with two attached hydrogens (primary N) is 1. The van der Waals surface area contributed by atoms with Crippen molar-refractivity contribution in [3.63, 3.8) is 0 Å². The van der Waals surface area contributed by atoms with Gasteiger partial charge in [0.1, 0.15) is 28.1 Å². The largest absolute Gasteiger partial charge is 0.497 e. The molecule has 2 aromatic carbocycles. The molecule has 3 aromatic heterocycles. The van der Waals surface area contributed by atoms with Gasteiger partial charge in [-0.3, -0.25) is 9.78 Å². The maximum Gasteiger partial charge on any atom is 0.272 e. The molecule has 0 fully saturated rings. The Morgan fingerprint density at radius 3 is 2.76 bits per heavy atom. The predicted octanol–water partition coefficient (Wildman–Crippen LogP) is 5.12. The molecule has 0 spiro atoms. The number of carbonyl (C=O) groups is 1. The van der Waals surface area contributed by atoms with Crippen LogP contribution in [0.4, 0.5) is 31.1 Å². The minimum atomic E-state index is -0.973. The molecule has 37 heavy (non-hydrogen) atoms. The van der Waals surface area contributed by atoms with Crippen molar-refractivity contribution in [3.05, 3.63) is 78.1 Å². The second-order valence-electron chi connectivity index (χ2n) is 7.52. The number of nitrogens with one attached hydrogen (secondary N) is 2. The van der Waals surface area contributed by atoms with Gasteiger partial charge in [-0.25, -0.2) is 13.8 Å². The minimum Gasteiger partial charge on any atom is -0.497 e. The molecule has 0 atom stereocenters. The van der Waals surface area contributed by atoms with Gasteiger partial charge in [-0.1, -0.05) is 22.6 Å². The molecule has 10 nitrogen and oxygen atoms in total. The van der Waals surface area contributed by atoms with Crippen LogP contribution in [0.2, 0.25) is 0 Å². The van der Waals surface area contributed by atoms with Gasteiger partial charge in [-0.2, -0.15) is 4.98 Å². The van der Waals surface area contributed by atoms with E-state index in [1.54, 1.807) is 36.7 Å². The van der Waals surface area contributed by atoms with Crippen LogP contribution in [0.15, 0.2) is 65.4 Å². The van der Waals surface area contributed by atoms with Crippen molar-refractivity contribution in [1.29, 1.82) is 0 Å². The summed E-state index contributed by atoms with van der Waals surface area (Å²) >= 11 is 1.14. The zero-order valence-electron chi connectivity index (χ0n) is 19.0. The number of methoxy groups -OCH3 is 1. The number of carbonyl (C=O) groups excluding carboxylic acids is 1. The molecule has 1 amide bonds. The molecule has 0 radical (unpaired) electrons. The summed E-state index contributed by atoms with van der Waals surface area (Å²) in [6.45, 7) is 0. The van der Waals surface area contributed by atoms with Gasteiger partial charge >= 0.3 is 0 Å². The van der Waals surface area contributed by atoms with Gasteiger partial charge in [0.15, 0.2) is 5.13 Å². The van der Waals surface area contributed by atoms with Gasteiger partial charge in [-0.15, -0.1) is 0 Å². The van der Waals surface area contributed by atoms with Crippen LogP contribution in [0, 0.1) is 11.6 Å². The van der Waals surface area contributed by atoms with E-state index in [0.717, 1.165) is 17.4 Å². The fraction of sp³-hybridized carbons (Fsp3) is 0.0417. The normalized spacial score (nSPS) is 10.8. The Hall–Kier alpha value is -4.91. The van der Waals surface area contributed by atoms with E-state index in [1.807, 2.05) is 0 Å². The highest BCUT2D eigenvalue weighted by Crippen LogP contribution is 2.36. The molecule has 13 heteroatoms. The molecule has 4 N–H and O–H groups in total. The number of hydrogen-bond donors (Lipinski definition) is 3. The number of benzene rings is 2. The number of halogens is 2. The van der Waals surface area contributed by atoms with Gasteiger partial charge in [0.2, 0.25) is 5.82 Å². The van der Waals surface area contributed by atoms with Crippen molar-refractivity contribution >= 4 is 39.6 Å². The SMILES string of the molecule is COc1cccc(C(=O)Nc2cc(-c3noc(-c4sc(Nc5cccnc5)nc4N)n3)c(F)cc2F)c1. The number of nitrogens with zero attached hydrogens (tertiary/aromatic N) is 4. The Kier molecular flexibility index (Phi) is 6.43. The average Bonchev–Trinajstić information content (AvgIpc) is 3.52. The lowest BCUT2D eigenvalue weighted by atomic mass is 10.1. The van der Waals surface area contributed by atoms with E-state index in [4.69, 9.17) is 15.0 Å². The molecule has 0 aliphatic heterocycles. The summed E-state index contributed by atoms with van der Waals surface area (Å²) in [7, 11) is 1.46. The summed E-state index contributed by atoms with van der Waals surface area (Å²) in [4.78, 5) is 25.4. The second-order valence-corrected chi connectivity index (χ2v) is 8.52. The molecule has 5 rings (SSSR count). The minimum absolute atomic E-state index is 0.00470. The van der Waals surface area contributed by atoms with E-state index in [9.17, 15) is 13.6 Å².